The maximum atomic E-state index is 6.11. The molecule has 0 radical (unpaired) electrons. The fourth-order valence-electron chi connectivity index (χ4n) is 2.67. The predicted octanol–water partition coefficient (Wildman–Crippen LogP) is 3.65. The maximum absolute atomic E-state index is 6.11. The van der Waals surface area contributed by atoms with Crippen molar-refractivity contribution in [3.63, 3.8) is 0 Å². The fraction of sp³-hybridized carbons (Fsp3) is 0.389. The molecule has 21 heavy (non-hydrogen) atoms. The highest BCUT2D eigenvalue weighted by atomic mass is 14.9. The summed E-state index contributed by atoms with van der Waals surface area (Å²) in [7, 11) is 0. The average molecular weight is 283 g/mol. The van der Waals surface area contributed by atoms with Crippen LogP contribution in [0.5, 0.6) is 0 Å². The van der Waals surface area contributed by atoms with E-state index in [1.165, 1.54) is 11.1 Å². The van der Waals surface area contributed by atoms with Crippen LogP contribution in [0.25, 0.3) is 0 Å². The van der Waals surface area contributed by atoms with Gasteiger partial charge in [0.15, 0.2) is 0 Å². The Morgan fingerprint density at radius 2 is 1.95 bits per heavy atom. The molecule has 3 N–H and O–H groups in total. The van der Waals surface area contributed by atoms with Crippen LogP contribution in [0, 0.1) is 6.92 Å². The Morgan fingerprint density at radius 1 is 1.19 bits per heavy atom. The number of aryl methyl sites for hydroxylation is 2. The summed E-state index contributed by atoms with van der Waals surface area (Å²) >= 11 is 0. The van der Waals surface area contributed by atoms with E-state index in [9.17, 15) is 0 Å². The van der Waals surface area contributed by atoms with E-state index >= 15 is 0 Å². The summed E-state index contributed by atoms with van der Waals surface area (Å²) in [6.45, 7) is 5.28. The van der Waals surface area contributed by atoms with Crippen LogP contribution in [0.3, 0.4) is 0 Å². The van der Waals surface area contributed by atoms with Gasteiger partial charge in [0.05, 0.1) is 0 Å². The van der Waals surface area contributed by atoms with Crippen LogP contribution >= 0.6 is 0 Å². The zero-order chi connectivity index (χ0) is 15.1. The van der Waals surface area contributed by atoms with Gasteiger partial charge in [-0.1, -0.05) is 37.3 Å². The van der Waals surface area contributed by atoms with E-state index in [-0.39, 0.29) is 6.04 Å². The number of anilines is 1. The van der Waals surface area contributed by atoms with Gasteiger partial charge >= 0.3 is 0 Å². The molecule has 0 bridgehead atoms. The van der Waals surface area contributed by atoms with Crippen molar-refractivity contribution in [2.24, 2.45) is 0 Å². The standard InChI is InChI=1S/C18H25N3/c1-3-12-20-16(10-9-15-7-5-4-6-8-15)17-14(2)11-13-21-18(17)19/h4-8,11,13,16,20H,3,9-10,12H2,1-2H3,(H2,19,21). The lowest BCUT2D eigenvalue weighted by molar-refractivity contribution is 0.497. The molecule has 0 saturated heterocycles. The third-order valence-corrected chi connectivity index (χ3v) is 3.79. The molecule has 3 heteroatoms. The first-order valence-corrected chi connectivity index (χ1v) is 7.70. The van der Waals surface area contributed by atoms with Gasteiger partial charge in [-0.15, -0.1) is 0 Å². The molecule has 1 heterocycles. The number of pyridine rings is 1. The third-order valence-electron chi connectivity index (χ3n) is 3.79. The number of nitrogens with zero attached hydrogens (tertiary/aromatic N) is 1. The van der Waals surface area contributed by atoms with Gasteiger partial charge in [-0.3, -0.25) is 0 Å². The van der Waals surface area contributed by atoms with Gasteiger partial charge in [-0.2, -0.15) is 0 Å². The normalized spacial score (nSPS) is 12.3. The second-order valence-corrected chi connectivity index (χ2v) is 5.46. The SMILES string of the molecule is CCCNC(CCc1ccccc1)c1c(C)ccnc1N. The molecule has 0 aliphatic carbocycles. The Morgan fingerprint density at radius 3 is 2.62 bits per heavy atom. The van der Waals surface area contributed by atoms with E-state index in [0.717, 1.165) is 31.4 Å². The lowest BCUT2D eigenvalue weighted by Gasteiger charge is -2.22. The van der Waals surface area contributed by atoms with Crippen LogP contribution in [0.2, 0.25) is 0 Å². The molecule has 112 valence electrons. The molecule has 1 aromatic heterocycles. The summed E-state index contributed by atoms with van der Waals surface area (Å²) in [4.78, 5) is 4.26. The molecule has 0 fully saturated rings. The molecule has 1 atom stereocenters. The van der Waals surface area contributed by atoms with Crippen LogP contribution in [-0.4, -0.2) is 11.5 Å². The van der Waals surface area contributed by atoms with Gasteiger partial charge in [-0.25, -0.2) is 4.98 Å². The van der Waals surface area contributed by atoms with Crippen LogP contribution < -0.4 is 11.1 Å². The molecule has 0 saturated carbocycles. The first kappa shape index (κ1) is 15.5. The van der Waals surface area contributed by atoms with Crippen LogP contribution in [-0.2, 0) is 6.42 Å². The van der Waals surface area contributed by atoms with Gasteiger partial charge in [0.1, 0.15) is 5.82 Å². The minimum atomic E-state index is 0.263. The Kier molecular flexibility index (Phi) is 5.76. The van der Waals surface area contributed by atoms with Crippen molar-refractivity contribution < 1.29 is 0 Å². The largest absolute Gasteiger partial charge is 0.383 e. The summed E-state index contributed by atoms with van der Waals surface area (Å²) in [6.07, 6.45) is 4.96. The van der Waals surface area contributed by atoms with Gasteiger partial charge in [0, 0.05) is 17.8 Å². The van der Waals surface area contributed by atoms with Crippen molar-refractivity contribution in [1.29, 1.82) is 0 Å². The van der Waals surface area contributed by atoms with E-state index in [0.29, 0.717) is 5.82 Å². The highest BCUT2D eigenvalue weighted by Gasteiger charge is 2.16. The minimum Gasteiger partial charge on any atom is -0.383 e. The van der Waals surface area contributed by atoms with Crippen molar-refractivity contribution >= 4 is 5.82 Å². The minimum absolute atomic E-state index is 0.263. The first-order chi connectivity index (χ1) is 10.2. The molecule has 3 nitrogen and oxygen atoms in total. The van der Waals surface area contributed by atoms with Gasteiger partial charge in [-0.05, 0) is 49.9 Å². The number of aromatic nitrogens is 1. The third kappa shape index (κ3) is 4.30. The fourth-order valence-corrected chi connectivity index (χ4v) is 2.67. The van der Waals surface area contributed by atoms with Crippen molar-refractivity contribution in [2.45, 2.75) is 39.2 Å². The van der Waals surface area contributed by atoms with Gasteiger partial charge in [0.2, 0.25) is 0 Å². The molecular weight excluding hydrogens is 258 g/mol. The summed E-state index contributed by atoms with van der Waals surface area (Å²) in [5.74, 6) is 0.650. The van der Waals surface area contributed by atoms with Crippen LogP contribution in [0.4, 0.5) is 5.82 Å². The zero-order valence-electron chi connectivity index (χ0n) is 13.0. The van der Waals surface area contributed by atoms with Crippen LogP contribution in [0.15, 0.2) is 42.6 Å². The highest BCUT2D eigenvalue weighted by Crippen LogP contribution is 2.26. The number of rotatable bonds is 7. The molecule has 2 rings (SSSR count). The highest BCUT2D eigenvalue weighted by molar-refractivity contribution is 5.46. The Bertz CT molecular complexity index is 531. The maximum Gasteiger partial charge on any atom is 0.128 e. The molecule has 0 amide bonds. The number of hydrogen-bond acceptors (Lipinski definition) is 3. The van der Waals surface area contributed by atoms with Crippen molar-refractivity contribution in [1.82, 2.24) is 10.3 Å². The average Bonchev–Trinajstić information content (AvgIpc) is 2.50. The van der Waals surface area contributed by atoms with Crippen molar-refractivity contribution in [2.75, 3.05) is 12.3 Å². The van der Waals surface area contributed by atoms with Gasteiger partial charge in [0.25, 0.3) is 0 Å². The number of nitrogens with one attached hydrogen (secondary N) is 1. The van der Waals surface area contributed by atoms with Crippen molar-refractivity contribution in [3.05, 3.63) is 59.3 Å². The summed E-state index contributed by atoms with van der Waals surface area (Å²) in [6, 6.07) is 12.9. The number of hydrogen-bond donors (Lipinski definition) is 2. The lowest BCUT2D eigenvalue weighted by atomic mass is 9.96. The second kappa shape index (κ2) is 7.79. The topological polar surface area (TPSA) is 50.9 Å². The van der Waals surface area contributed by atoms with E-state index in [1.54, 1.807) is 6.20 Å². The number of nitrogen functional groups attached to an aromatic ring is 1. The Hall–Kier alpha value is -1.87. The molecule has 0 aliphatic rings. The van der Waals surface area contributed by atoms with Crippen LogP contribution in [0.1, 0.15) is 42.5 Å². The molecular formula is C18H25N3. The van der Waals surface area contributed by atoms with Crippen molar-refractivity contribution in [3.8, 4) is 0 Å². The molecule has 1 unspecified atom stereocenters. The zero-order valence-corrected chi connectivity index (χ0v) is 13.0. The quantitative estimate of drug-likeness (QED) is 0.815. The summed E-state index contributed by atoms with van der Waals surface area (Å²) in [5.41, 5.74) is 9.84. The van der Waals surface area contributed by atoms with E-state index < -0.39 is 0 Å². The van der Waals surface area contributed by atoms with E-state index in [1.807, 2.05) is 6.07 Å². The molecule has 0 spiro atoms. The molecule has 1 aromatic carbocycles. The lowest BCUT2D eigenvalue weighted by Crippen LogP contribution is -2.24. The monoisotopic (exact) mass is 283 g/mol. The summed E-state index contributed by atoms with van der Waals surface area (Å²) in [5, 5.41) is 3.62. The molecule has 2 aromatic rings. The van der Waals surface area contributed by atoms with E-state index in [4.69, 9.17) is 5.73 Å². The summed E-state index contributed by atoms with van der Waals surface area (Å²) < 4.78 is 0. The Labute approximate surface area is 127 Å². The Balaban J connectivity index is 2.14. The first-order valence-electron chi connectivity index (χ1n) is 7.70. The van der Waals surface area contributed by atoms with Gasteiger partial charge < -0.3 is 11.1 Å². The number of nitrogens with two attached hydrogens (primary N) is 1. The number of benzene rings is 1. The smallest absolute Gasteiger partial charge is 0.128 e. The van der Waals surface area contributed by atoms with E-state index in [2.05, 4.69) is 54.5 Å². The molecule has 0 aliphatic heterocycles. The second-order valence-electron chi connectivity index (χ2n) is 5.46. The predicted molar refractivity (Wildman–Crippen MR) is 89.2 cm³/mol.